The molecule has 0 aliphatic heterocycles. The molecule has 6 nitrogen and oxygen atoms in total. The molecule has 0 bridgehead atoms. The summed E-state index contributed by atoms with van der Waals surface area (Å²) in [5.41, 5.74) is -0.0930. The molecule has 0 amide bonds. The third kappa shape index (κ3) is 3.06. The minimum Gasteiger partial charge on any atom is -0.362 e. The van der Waals surface area contributed by atoms with Crippen LogP contribution in [0.5, 0.6) is 0 Å². The van der Waals surface area contributed by atoms with Gasteiger partial charge in [-0.25, -0.2) is 14.9 Å². The van der Waals surface area contributed by atoms with Gasteiger partial charge in [-0.3, -0.25) is 4.57 Å². The molecule has 0 spiro atoms. The Morgan fingerprint density at radius 1 is 1.60 bits per heavy atom. The molecule has 2 aromatic heterocycles. The van der Waals surface area contributed by atoms with Crippen molar-refractivity contribution < 1.29 is 0 Å². The van der Waals surface area contributed by atoms with E-state index in [2.05, 4.69) is 27.4 Å². The average molecular weight is 311 g/mol. The Morgan fingerprint density at radius 2 is 2.45 bits per heavy atom. The van der Waals surface area contributed by atoms with Crippen LogP contribution in [0.25, 0.3) is 0 Å². The summed E-state index contributed by atoms with van der Waals surface area (Å²) in [5.74, 6) is 0.794. The predicted molar refractivity (Wildman–Crippen MR) is 81.6 cm³/mol. The molecular weight excluding hydrogens is 294 g/mol. The largest absolute Gasteiger partial charge is 0.362 e. The molecule has 0 unspecified atom stereocenters. The molecule has 0 saturated heterocycles. The van der Waals surface area contributed by atoms with Gasteiger partial charge in [-0.2, -0.15) is 0 Å². The van der Waals surface area contributed by atoms with Crippen molar-refractivity contribution in [1.29, 1.82) is 0 Å². The summed E-state index contributed by atoms with van der Waals surface area (Å²) >= 11 is 3.25. The molecule has 20 heavy (non-hydrogen) atoms. The summed E-state index contributed by atoms with van der Waals surface area (Å²) in [7, 11) is 0. The van der Waals surface area contributed by atoms with E-state index in [-0.39, 0.29) is 5.69 Å². The summed E-state index contributed by atoms with van der Waals surface area (Å²) in [5, 5.41) is 11.7. The Morgan fingerprint density at radius 3 is 3.20 bits per heavy atom. The first-order valence-electron chi connectivity index (χ1n) is 6.76. The van der Waals surface area contributed by atoms with Crippen molar-refractivity contribution in [2.24, 2.45) is 0 Å². The number of nitrogens with one attached hydrogen (secondary N) is 2. The van der Waals surface area contributed by atoms with Gasteiger partial charge in [-0.1, -0.05) is 18.7 Å². The van der Waals surface area contributed by atoms with E-state index in [0.717, 1.165) is 41.8 Å². The van der Waals surface area contributed by atoms with Gasteiger partial charge in [-0.05, 0) is 19.3 Å². The van der Waals surface area contributed by atoms with Crippen LogP contribution in [-0.2, 0) is 5.75 Å². The third-order valence-electron chi connectivity index (χ3n) is 3.01. The van der Waals surface area contributed by atoms with E-state index < -0.39 is 0 Å². The second-order valence-electron chi connectivity index (χ2n) is 4.76. The van der Waals surface area contributed by atoms with Crippen molar-refractivity contribution in [3.63, 3.8) is 0 Å². The van der Waals surface area contributed by atoms with Crippen LogP contribution in [0, 0.1) is 0 Å². The maximum absolute atomic E-state index is 11.7. The fourth-order valence-corrected chi connectivity index (χ4v) is 3.74. The third-order valence-corrected chi connectivity index (χ3v) is 5.15. The molecule has 8 heteroatoms. The summed E-state index contributed by atoms with van der Waals surface area (Å²) in [4.78, 5) is 17.2. The average Bonchev–Trinajstić information content (AvgIpc) is 3.06. The van der Waals surface area contributed by atoms with E-state index >= 15 is 0 Å². The van der Waals surface area contributed by atoms with E-state index in [4.69, 9.17) is 0 Å². The molecule has 0 radical (unpaired) electrons. The Balaban J connectivity index is 1.62. The monoisotopic (exact) mass is 311 g/mol. The molecule has 0 aromatic carbocycles. The summed E-state index contributed by atoms with van der Waals surface area (Å²) in [6.45, 7) is 3.08. The lowest BCUT2D eigenvalue weighted by molar-refractivity contribution is 0.642. The van der Waals surface area contributed by atoms with Gasteiger partial charge < -0.3 is 5.32 Å². The Bertz CT molecular complexity index is 628. The van der Waals surface area contributed by atoms with E-state index in [9.17, 15) is 4.79 Å². The van der Waals surface area contributed by atoms with E-state index in [1.807, 2.05) is 6.20 Å². The van der Waals surface area contributed by atoms with Crippen LogP contribution in [0.4, 0.5) is 5.13 Å². The molecule has 3 rings (SSSR count). The molecule has 0 atom stereocenters. The first-order valence-corrected chi connectivity index (χ1v) is 8.56. The van der Waals surface area contributed by atoms with Crippen molar-refractivity contribution in [1.82, 2.24) is 19.7 Å². The number of anilines is 1. The van der Waals surface area contributed by atoms with Crippen LogP contribution in [-0.4, -0.2) is 26.3 Å². The highest BCUT2D eigenvalue weighted by Crippen LogP contribution is 2.36. The zero-order valence-corrected chi connectivity index (χ0v) is 12.9. The first kappa shape index (κ1) is 13.7. The quantitative estimate of drug-likeness (QED) is 0.768. The highest BCUT2D eigenvalue weighted by molar-refractivity contribution is 7.98. The predicted octanol–water partition coefficient (Wildman–Crippen LogP) is 2.48. The SMILES string of the molecule is CCCNc1ncc(CSc2n[nH]c(=O)n2C2CC2)s1. The highest BCUT2D eigenvalue weighted by atomic mass is 32.2. The molecule has 1 aliphatic rings. The molecular formula is C12H17N5OS2. The second-order valence-corrected chi connectivity index (χ2v) is 6.82. The van der Waals surface area contributed by atoms with Gasteiger partial charge in [0.25, 0.3) is 0 Å². The van der Waals surface area contributed by atoms with Crippen LogP contribution >= 0.6 is 23.1 Å². The molecule has 2 aromatic rings. The topological polar surface area (TPSA) is 75.6 Å². The fraction of sp³-hybridized carbons (Fsp3) is 0.583. The Hall–Kier alpha value is -1.28. The van der Waals surface area contributed by atoms with Gasteiger partial charge in [-0.15, -0.1) is 16.4 Å². The van der Waals surface area contributed by atoms with Crippen LogP contribution in [0.15, 0.2) is 16.1 Å². The van der Waals surface area contributed by atoms with Crippen LogP contribution < -0.4 is 11.0 Å². The van der Waals surface area contributed by atoms with Gasteiger partial charge in [0.1, 0.15) is 0 Å². The fourth-order valence-electron chi connectivity index (χ4n) is 1.87. The van der Waals surface area contributed by atoms with E-state index in [1.54, 1.807) is 27.7 Å². The Kier molecular flexibility index (Phi) is 4.11. The number of rotatable bonds is 7. The van der Waals surface area contributed by atoms with Crippen LogP contribution in [0.1, 0.15) is 37.1 Å². The maximum Gasteiger partial charge on any atom is 0.344 e. The summed E-state index contributed by atoms with van der Waals surface area (Å²) in [6.07, 6.45) is 5.14. The standard InChI is InChI=1S/C12H17N5OS2/c1-2-5-13-10-14-6-9(20-10)7-19-12-16-15-11(18)17(12)8-3-4-8/h6,8H,2-5,7H2,1H3,(H,13,14)(H,15,18). The number of hydrogen-bond acceptors (Lipinski definition) is 6. The van der Waals surface area contributed by atoms with Gasteiger partial charge >= 0.3 is 5.69 Å². The van der Waals surface area contributed by atoms with Crippen molar-refractivity contribution >= 4 is 28.2 Å². The maximum atomic E-state index is 11.7. The second kappa shape index (κ2) is 6.01. The lowest BCUT2D eigenvalue weighted by Crippen LogP contribution is -2.16. The van der Waals surface area contributed by atoms with Gasteiger partial charge in [0.2, 0.25) is 0 Å². The van der Waals surface area contributed by atoms with Gasteiger partial charge in [0, 0.05) is 29.4 Å². The lowest BCUT2D eigenvalue weighted by atomic mass is 10.5. The van der Waals surface area contributed by atoms with Gasteiger partial charge in [0.15, 0.2) is 10.3 Å². The number of thiazole rings is 1. The summed E-state index contributed by atoms with van der Waals surface area (Å²) in [6, 6.07) is 0.354. The Labute approximate surface area is 125 Å². The number of hydrogen-bond donors (Lipinski definition) is 2. The molecule has 108 valence electrons. The molecule has 1 fully saturated rings. The number of aromatic amines is 1. The normalized spacial score (nSPS) is 14.7. The molecule has 1 saturated carbocycles. The van der Waals surface area contributed by atoms with Crippen molar-refractivity contribution in [2.75, 3.05) is 11.9 Å². The van der Waals surface area contributed by atoms with Crippen molar-refractivity contribution in [2.45, 2.75) is 43.1 Å². The van der Waals surface area contributed by atoms with E-state index in [1.165, 1.54) is 4.88 Å². The van der Waals surface area contributed by atoms with Crippen LogP contribution in [0.2, 0.25) is 0 Å². The first-order chi connectivity index (χ1) is 9.78. The minimum atomic E-state index is -0.0930. The number of thioether (sulfide) groups is 1. The summed E-state index contributed by atoms with van der Waals surface area (Å²) < 4.78 is 1.78. The number of nitrogens with zero attached hydrogens (tertiary/aromatic N) is 3. The zero-order valence-electron chi connectivity index (χ0n) is 11.3. The number of H-pyrrole nitrogens is 1. The zero-order chi connectivity index (χ0) is 13.9. The van der Waals surface area contributed by atoms with Gasteiger partial charge in [0.05, 0.1) is 0 Å². The van der Waals surface area contributed by atoms with E-state index in [0.29, 0.717) is 6.04 Å². The minimum absolute atomic E-state index is 0.0930. The van der Waals surface area contributed by atoms with Crippen molar-refractivity contribution in [3.05, 3.63) is 21.6 Å². The lowest BCUT2D eigenvalue weighted by Gasteiger charge is -2.01. The number of aromatic nitrogens is 4. The molecule has 2 heterocycles. The molecule has 1 aliphatic carbocycles. The van der Waals surface area contributed by atoms with Crippen LogP contribution in [0.3, 0.4) is 0 Å². The smallest absolute Gasteiger partial charge is 0.344 e. The highest BCUT2D eigenvalue weighted by Gasteiger charge is 2.28. The molecule has 2 N–H and O–H groups in total. The van der Waals surface area contributed by atoms with Crippen molar-refractivity contribution in [3.8, 4) is 0 Å².